The van der Waals surface area contributed by atoms with Crippen molar-refractivity contribution in [3.63, 3.8) is 0 Å². The van der Waals surface area contributed by atoms with Crippen LogP contribution >= 0.6 is 0 Å². The van der Waals surface area contributed by atoms with Gasteiger partial charge in [0.25, 0.3) is 5.91 Å². The maximum atomic E-state index is 12.4. The van der Waals surface area contributed by atoms with E-state index in [9.17, 15) is 9.59 Å². The molecule has 126 valence electrons. The van der Waals surface area contributed by atoms with E-state index in [1.54, 1.807) is 6.07 Å². The van der Waals surface area contributed by atoms with Crippen LogP contribution in [0.2, 0.25) is 0 Å². The molecule has 5 heteroatoms. The minimum absolute atomic E-state index is 0.00691. The van der Waals surface area contributed by atoms with Crippen LogP contribution in [-0.4, -0.2) is 37.1 Å². The first-order valence-corrected chi connectivity index (χ1v) is 8.25. The molecule has 0 radical (unpaired) electrons. The molecule has 1 heterocycles. The van der Waals surface area contributed by atoms with Crippen LogP contribution in [-0.2, 0) is 9.53 Å². The van der Waals surface area contributed by atoms with Gasteiger partial charge in [-0.1, -0.05) is 32.0 Å². The van der Waals surface area contributed by atoms with Crippen molar-refractivity contribution in [3.8, 4) is 0 Å². The number of hydrogen-bond acceptors (Lipinski definition) is 3. The molecule has 0 bridgehead atoms. The Hall–Kier alpha value is -1.88. The summed E-state index contributed by atoms with van der Waals surface area (Å²) in [7, 11) is 0. The average molecular weight is 318 g/mol. The molecular formula is C18H26N2O3. The lowest BCUT2D eigenvalue weighted by Gasteiger charge is -2.23. The number of ether oxygens (including phenoxy) is 1. The number of carbonyl (C=O) groups is 2. The number of carbonyl (C=O) groups excluding carboxylic acids is 2. The Morgan fingerprint density at radius 3 is 2.65 bits per heavy atom. The lowest BCUT2D eigenvalue weighted by molar-refractivity contribution is -0.124. The number of rotatable bonds is 6. The van der Waals surface area contributed by atoms with Crippen molar-refractivity contribution in [2.75, 3.05) is 13.2 Å². The molecule has 5 nitrogen and oxygen atoms in total. The second-order valence-corrected chi connectivity index (χ2v) is 6.39. The summed E-state index contributed by atoms with van der Waals surface area (Å²) in [6, 6.07) is 6.82. The Morgan fingerprint density at radius 1 is 1.30 bits per heavy atom. The van der Waals surface area contributed by atoms with Gasteiger partial charge in [-0.3, -0.25) is 9.59 Å². The van der Waals surface area contributed by atoms with Gasteiger partial charge in [0, 0.05) is 18.7 Å². The van der Waals surface area contributed by atoms with Crippen molar-refractivity contribution in [1.82, 2.24) is 10.6 Å². The Morgan fingerprint density at radius 2 is 2.04 bits per heavy atom. The maximum absolute atomic E-state index is 12.4. The largest absolute Gasteiger partial charge is 0.376 e. The van der Waals surface area contributed by atoms with Crippen LogP contribution in [0.3, 0.4) is 0 Å². The molecule has 1 aliphatic rings. The van der Waals surface area contributed by atoms with Crippen LogP contribution in [0, 0.1) is 12.8 Å². The summed E-state index contributed by atoms with van der Waals surface area (Å²) < 4.78 is 5.51. The fraction of sp³-hybridized carbons (Fsp3) is 0.556. The van der Waals surface area contributed by atoms with Crippen LogP contribution < -0.4 is 10.6 Å². The van der Waals surface area contributed by atoms with Crippen LogP contribution in [0.4, 0.5) is 0 Å². The molecule has 23 heavy (non-hydrogen) atoms. The van der Waals surface area contributed by atoms with Crippen molar-refractivity contribution in [2.45, 2.75) is 45.8 Å². The van der Waals surface area contributed by atoms with Gasteiger partial charge in [-0.15, -0.1) is 0 Å². The molecule has 1 fully saturated rings. The summed E-state index contributed by atoms with van der Waals surface area (Å²) in [5.74, 6) is -0.362. The van der Waals surface area contributed by atoms with Gasteiger partial charge in [-0.2, -0.15) is 0 Å². The van der Waals surface area contributed by atoms with Gasteiger partial charge >= 0.3 is 0 Å². The summed E-state index contributed by atoms with van der Waals surface area (Å²) >= 11 is 0. The quantitative estimate of drug-likeness (QED) is 0.843. The fourth-order valence-corrected chi connectivity index (χ4v) is 2.71. The second-order valence-electron chi connectivity index (χ2n) is 6.39. The minimum Gasteiger partial charge on any atom is -0.376 e. The van der Waals surface area contributed by atoms with Gasteiger partial charge < -0.3 is 15.4 Å². The molecule has 1 saturated heterocycles. The minimum atomic E-state index is -0.552. The highest BCUT2D eigenvalue weighted by atomic mass is 16.5. The predicted octanol–water partition coefficient (Wildman–Crippen LogP) is 2.04. The normalized spacial score (nSPS) is 18.7. The SMILES string of the molecule is Cc1ccccc1C(=O)NC(C(=O)NCC1CCCO1)C(C)C. The molecule has 1 aliphatic heterocycles. The molecule has 2 atom stereocenters. The summed E-state index contributed by atoms with van der Waals surface area (Å²) in [5, 5.41) is 5.76. The van der Waals surface area contributed by atoms with Crippen LogP contribution in [0.15, 0.2) is 24.3 Å². The van der Waals surface area contributed by atoms with Crippen LogP contribution in [0.25, 0.3) is 0 Å². The first-order chi connectivity index (χ1) is 11.0. The monoisotopic (exact) mass is 318 g/mol. The smallest absolute Gasteiger partial charge is 0.252 e. The van der Waals surface area contributed by atoms with E-state index in [1.807, 2.05) is 39.0 Å². The van der Waals surface area contributed by atoms with Gasteiger partial charge in [-0.25, -0.2) is 0 Å². The maximum Gasteiger partial charge on any atom is 0.252 e. The average Bonchev–Trinajstić information content (AvgIpc) is 3.03. The van der Waals surface area contributed by atoms with Crippen LogP contribution in [0.1, 0.15) is 42.6 Å². The number of aryl methyl sites for hydroxylation is 1. The van der Waals surface area contributed by atoms with E-state index in [4.69, 9.17) is 4.74 Å². The lowest BCUT2D eigenvalue weighted by atomic mass is 10.0. The number of hydrogen-bond donors (Lipinski definition) is 2. The highest BCUT2D eigenvalue weighted by molar-refractivity contribution is 5.98. The third-order valence-electron chi connectivity index (χ3n) is 4.15. The van der Waals surface area contributed by atoms with E-state index < -0.39 is 6.04 Å². The third kappa shape index (κ3) is 4.79. The zero-order chi connectivity index (χ0) is 16.8. The van der Waals surface area contributed by atoms with Crippen LogP contribution in [0.5, 0.6) is 0 Å². The summed E-state index contributed by atoms with van der Waals surface area (Å²) in [5.41, 5.74) is 1.50. The van der Waals surface area contributed by atoms with E-state index in [2.05, 4.69) is 10.6 Å². The number of amides is 2. The summed E-state index contributed by atoms with van der Waals surface area (Å²) in [6.45, 7) is 7.00. The zero-order valence-electron chi connectivity index (χ0n) is 14.1. The summed E-state index contributed by atoms with van der Waals surface area (Å²) in [6.07, 6.45) is 2.11. The van der Waals surface area contributed by atoms with E-state index in [0.29, 0.717) is 12.1 Å². The number of benzene rings is 1. The molecule has 1 aromatic rings. The van der Waals surface area contributed by atoms with Crippen molar-refractivity contribution in [2.24, 2.45) is 5.92 Å². The summed E-state index contributed by atoms with van der Waals surface area (Å²) in [4.78, 5) is 24.8. The van der Waals surface area contributed by atoms with E-state index >= 15 is 0 Å². The molecule has 2 unspecified atom stereocenters. The standard InChI is InChI=1S/C18H26N2O3/c1-12(2)16(18(22)19-11-14-8-6-10-23-14)20-17(21)15-9-5-4-7-13(15)3/h4-5,7,9,12,14,16H,6,8,10-11H2,1-3H3,(H,19,22)(H,20,21). The van der Waals surface area contributed by atoms with Crippen molar-refractivity contribution in [1.29, 1.82) is 0 Å². The first kappa shape index (κ1) is 17.5. The molecule has 0 aliphatic carbocycles. The fourth-order valence-electron chi connectivity index (χ4n) is 2.71. The first-order valence-electron chi connectivity index (χ1n) is 8.25. The highest BCUT2D eigenvalue weighted by Crippen LogP contribution is 2.12. The van der Waals surface area contributed by atoms with Crippen molar-refractivity contribution >= 4 is 11.8 Å². The molecule has 0 aromatic heterocycles. The van der Waals surface area contributed by atoms with E-state index in [-0.39, 0.29) is 23.8 Å². The molecular weight excluding hydrogens is 292 g/mol. The number of nitrogens with one attached hydrogen (secondary N) is 2. The molecule has 2 amide bonds. The molecule has 2 N–H and O–H groups in total. The van der Waals surface area contributed by atoms with Gasteiger partial charge in [0.15, 0.2) is 0 Å². The van der Waals surface area contributed by atoms with Gasteiger partial charge in [0.1, 0.15) is 6.04 Å². The Bertz CT molecular complexity index is 551. The van der Waals surface area contributed by atoms with Gasteiger partial charge in [-0.05, 0) is 37.3 Å². The van der Waals surface area contributed by atoms with Gasteiger partial charge in [0.2, 0.25) is 5.91 Å². The van der Waals surface area contributed by atoms with Crippen molar-refractivity contribution in [3.05, 3.63) is 35.4 Å². The lowest BCUT2D eigenvalue weighted by Crippen LogP contribution is -2.51. The Labute approximate surface area is 137 Å². The topological polar surface area (TPSA) is 67.4 Å². The highest BCUT2D eigenvalue weighted by Gasteiger charge is 2.26. The molecule has 2 rings (SSSR count). The zero-order valence-corrected chi connectivity index (χ0v) is 14.1. The van der Waals surface area contributed by atoms with E-state index in [0.717, 1.165) is 25.0 Å². The Balaban J connectivity index is 1.96. The molecule has 0 saturated carbocycles. The predicted molar refractivity (Wildman–Crippen MR) is 89.3 cm³/mol. The molecule has 0 spiro atoms. The second kappa shape index (κ2) is 8.11. The molecule has 1 aromatic carbocycles. The van der Waals surface area contributed by atoms with Gasteiger partial charge in [0.05, 0.1) is 6.10 Å². The van der Waals surface area contributed by atoms with E-state index in [1.165, 1.54) is 0 Å². The van der Waals surface area contributed by atoms with Crippen molar-refractivity contribution < 1.29 is 14.3 Å². The third-order valence-corrected chi connectivity index (χ3v) is 4.15. The Kier molecular flexibility index (Phi) is 6.16.